The van der Waals surface area contributed by atoms with Crippen molar-refractivity contribution in [3.63, 3.8) is 0 Å². The van der Waals surface area contributed by atoms with Crippen molar-refractivity contribution < 1.29 is 9.72 Å². The third kappa shape index (κ3) is 2.21. The minimum atomic E-state index is -0.597. The van der Waals surface area contributed by atoms with Crippen LogP contribution in [0.3, 0.4) is 0 Å². The van der Waals surface area contributed by atoms with Crippen LogP contribution in [-0.4, -0.2) is 11.2 Å². The molecule has 0 saturated carbocycles. The van der Waals surface area contributed by atoms with Crippen LogP contribution in [0.4, 0.5) is 5.69 Å². The van der Waals surface area contributed by atoms with E-state index >= 15 is 0 Å². The van der Waals surface area contributed by atoms with Gasteiger partial charge in [-0.25, -0.2) is 0 Å². The van der Waals surface area contributed by atoms with Crippen molar-refractivity contribution in [2.24, 2.45) is 0 Å². The number of carbonyl (C=O) groups excluding carboxylic acids is 1. The van der Waals surface area contributed by atoms with Gasteiger partial charge in [0.1, 0.15) is 6.29 Å². The van der Waals surface area contributed by atoms with Gasteiger partial charge in [0.15, 0.2) is 0 Å². The maximum atomic E-state index is 10.8. The number of benzene rings is 1. The number of nitrogens with zero attached hydrogens (tertiary/aromatic N) is 1. The Morgan fingerprint density at radius 1 is 1.40 bits per heavy atom. The molecule has 0 aliphatic carbocycles. The molecule has 0 unspecified atom stereocenters. The van der Waals surface area contributed by atoms with E-state index in [1.165, 1.54) is 6.07 Å². The molecule has 15 heavy (non-hydrogen) atoms. The lowest BCUT2D eigenvalue weighted by molar-refractivity contribution is -0.385. The zero-order valence-electron chi connectivity index (χ0n) is 8.98. The van der Waals surface area contributed by atoms with E-state index < -0.39 is 10.3 Å². The highest BCUT2D eigenvalue weighted by Gasteiger charge is 2.21. The van der Waals surface area contributed by atoms with Gasteiger partial charge in [-0.1, -0.05) is 6.07 Å². The number of aryl methyl sites for hydroxylation is 1. The van der Waals surface area contributed by atoms with E-state index in [-0.39, 0.29) is 5.69 Å². The number of carbonyl (C=O) groups is 1. The number of hydrogen-bond donors (Lipinski definition) is 0. The summed E-state index contributed by atoms with van der Waals surface area (Å²) in [5.41, 5.74) is 0.855. The average molecular weight is 207 g/mol. The van der Waals surface area contributed by atoms with Gasteiger partial charge in [-0.05, 0) is 32.4 Å². The predicted octanol–water partition coefficient (Wildman–Crippen LogP) is 2.38. The summed E-state index contributed by atoms with van der Waals surface area (Å²) in [5, 5.41) is 10.6. The first-order chi connectivity index (χ1) is 6.88. The van der Waals surface area contributed by atoms with Crippen LogP contribution in [0.25, 0.3) is 0 Å². The van der Waals surface area contributed by atoms with E-state index in [1.807, 2.05) is 0 Å². The lowest BCUT2D eigenvalue weighted by Crippen LogP contribution is -2.18. The molecule has 0 heterocycles. The maximum Gasteiger partial charge on any atom is 0.272 e. The lowest BCUT2D eigenvalue weighted by atomic mass is 9.85. The summed E-state index contributed by atoms with van der Waals surface area (Å²) in [7, 11) is 0. The molecule has 0 spiro atoms. The van der Waals surface area contributed by atoms with E-state index in [4.69, 9.17) is 0 Å². The van der Waals surface area contributed by atoms with Gasteiger partial charge in [-0.3, -0.25) is 10.1 Å². The highest BCUT2D eigenvalue weighted by Crippen LogP contribution is 2.26. The molecular weight excluding hydrogens is 194 g/mol. The van der Waals surface area contributed by atoms with Gasteiger partial charge < -0.3 is 4.79 Å². The second kappa shape index (κ2) is 3.81. The average Bonchev–Trinajstić information content (AvgIpc) is 2.17. The van der Waals surface area contributed by atoms with Crippen molar-refractivity contribution in [1.29, 1.82) is 0 Å². The largest absolute Gasteiger partial charge is 0.302 e. The van der Waals surface area contributed by atoms with Crippen molar-refractivity contribution in [1.82, 2.24) is 0 Å². The first-order valence-corrected chi connectivity index (χ1v) is 4.60. The Kier molecular flexibility index (Phi) is 2.88. The molecule has 0 radical (unpaired) electrons. The van der Waals surface area contributed by atoms with Gasteiger partial charge in [0.25, 0.3) is 5.69 Å². The quantitative estimate of drug-likeness (QED) is 0.434. The van der Waals surface area contributed by atoms with Crippen LogP contribution in [0.2, 0.25) is 0 Å². The lowest BCUT2D eigenvalue weighted by Gasteiger charge is -2.17. The van der Waals surface area contributed by atoms with Gasteiger partial charge in [0, 0.05) is 17.0 Å². The maximum absolute atomic E-state index is 10.8. The van der Waals surface area contributed by atoms with E-state index in [1.54, 1.807) is 32.9 Å². The molecule has 0 bridgehead atoms. The molecule has 0 amide bonds. The summed E-state index contributed by atoms with van der Waals surface area (Å²) in [6.07, 6.45) is 0.841. The van der Waals surface area contributed by atoms with E-state index in [2.05, 4.69) is 0 Å². The van der Waals surface area contributed by atoms with Crippen LogP contribution in [0.5, 0.6) is 0 Å². The number of aldehydes is 1. The molecule has 0 atom stereocenters. The number of nitro benzene ring substituents is 1. The fourth-order valence-corrected chi connectivity index (χ4v) is 1.33. The van der Waals surface area contributed by atoms with Crippen molar-refractivity contribution in [3.05, 3.63) is 39.4 Å². The molecular formula is C11H13NO3. The minimum Gasteiger partial charge on any atom is -0.302 e. The van der Waals surface area contributed by atoms with Crippen LogP contribution in [0, 0.1) is 17.0 Å². The Morgan fingerprint density at radius 2 is 2.00 bits per heavy atom. The monoisotopic (exact) mass is 207 g/mol. The number of rotatable bonds is 3. The third-order valence-electron chi connectivity index (χ3n) is 2.43. The normalized spacial score (nSPS) is 11.1. The Balaban J connectivity index is 3.23. The molecule has 4 nitrogen and oxygen atoms in total. The summed E-state index contributed by atoms with van der Waals surface area (Å²) in [4.78, 5) is 21.0. The van der Waals surface area contributed by atoms with Crippen LogP contribution in [-0.2, 0) is 10.2 Å². The molecule has 0 aliphatic rings. The van der Waals surface area contributed by atoms with Crippen molar-refractivity contribution in [3.8, 4) is 0 Å². The van der Waals surface area contributed by atoms with Crippen LogP contribution >= 0.6 is 0 Å². The first kappa shape index (κ1) is 11.4. The fourth-order valence-electron chi connectivity index (χ4n) is 1.33. The molecule has 1 rings (SSSR count). The topological polar surface area (TPSA) is 60.2 Å². The SMILES string of the molecule is Cc1cc(C(C)(C)C=O)ccc1[N+](=O)[O-]. The summed E-state index contributed by atoms with van der Waals surface area (Å²) in [6, 6.07) is 4.75. The molecule has 0 saturated heterocycles. The summed E-state index contributed by atoms with van der Waals surface area (Å²) in [6.45, 7) is 5.23. The van der Waals surface area contributed by atoms with E-state index in [0.717, 1.165) is 11.8 Å². The van der Waals surface area contributed by atoms with E-state index in [9.17, 15) is 14.9 Å². The van der Waals surface area contributed by atoms with Gasteiger partial charge in [0.2, 0.25) is 0 Å². The zero-order chi connectivity index (χ0) is 11.6. The van der Waals surface area contributed by atoms with Gasteiger partial charge >= 0.3 is 0 Å². The van der Waals surface area contributed by atoms with Gasteiger partial charge in [-0.15, -0.1) is 0 Å². The van der Waals surface area contributed by atoms with Crippen LogP contribution in [0.1, 0.15) is 25.0 Å². The zero-order valence-corrected chi connectivity index (χ0v) is 8.98. The molecule has 0 aromatic heterocycles. The van der Waals surface area contributed by atoms with Crippen molar-refractivity contribution >= 4 is 12.0 Å². The summed E-state index contributed by atoms with van der Waals surface area (Å²) in [5.74, 6) is 0. The number of hydrogen-bond acceptors (Lipinski definition) is 3. The van der Waals surface area contributed by atoms with Crippen LogP contribution < -0.4 is 0 Å². The molecule has 80 valence electrons. The number of nitro groups is 1. The first-order valence-electron chi connectivity index (χ1n) is 4.60. The highest BCUT2D eigenvalue weighted by atomic mass is 16.6. The molecule has 1 aromatic carbocycles. The van der Waals surface area contributed by atoms with Gasteiger partial charge in [-0.2, -0.15) is 0 Å². The van der Waals surface area contributed by atoms with E-state index in [0.29, 0.717) is 5.56 Å². The highest BCUT2D eigenvalue weighted by molar-refractivity contribution is 5.67. The second-order valence-corrected chi connectivity index (χ2v) is 4.10. The Hall–Kier alpha value is -1.71. The minimum absolute atomic E-state index is 0.0837. The van der Waals surface area contributed by atoms with Crippen LogP contribution in [0.15, 0.2) is 18.2 Å². The van der Waals surface area contributed by atoms with Crippen molar-refractivity contribution in [2.75, 3.05) is 0 Å². The molecule has 0 N–H and O–H groups in total. The fraction of sp³-hybridized carbons (Fsp3) is 0.364. The summed E-state index contributed by atoms with van der Waals surface area (Å²) < 4.78 is 0. The third-order valence-corrected chi connectivity index (χ3v) is 2.43. The molecule has 4 heteroatoms. The molecule has 1 aromatic rings. The smallest absolute Gasteiger partial charge is 0.272 e. The van der Waals surface area contributed by atoms with Gasteiger partial charge in [0.05, 0.1) is 4.92 Å². The Morgan fingerprint density at radius 3 is 2.40 bits per heavy atom. The predicted molar refractivity (Wildman–Crippen MR) is 56.9 cm³/mol. The molecule has 0 fully saturated rings. The summed E-state index contributed by atoms with van der Waals surface area (Å²) >= 11 is 0. The molecule has 0 aliphatic heterocycles. The standard InChI is InChI=1S/C11H13NO3/c1-8-6-9(11(2,3)7-13)4-5-10(8)12(14)15/h4-7H,1-3H3. The van der Waals surface area contributed by atoms with Crippen molar-refractivity contribution in [2.45, 2.75) is 26.2 Å². The second-order valence-electron chi connectivity index (χ2n) is 4.10. The Bertz CT molecular complexity index is 410. The Labute approximate surface area is 88.1 Å².